The van der Waals surface area contributed by atoms with E-state index < -0.39 is 0 Å². The number of rotatable bonds is 9. The summed E-state index contributed by atoms with van der Waals surface area (Å²) in [6.07, 6.45) is 2.43. The van der Waals surface area contributed by atoms with Crippen LogP contribution in [-0.4, -0.2) is 38.9 Å². The van der Waals surface area contributed by atoms with Gasteiger partial charge in [0, 0.05) is 30.7 Å². The van der Waals surface area contributed by atoms with Crippen LogP contribution in [0.5, 0.6) is 11.5 Å². The fraction of sp³-hybridized carbons (Fsp3) is 0.458. The van der Waals surface area contributed by atoms with Gasteiger partial charge in [0.1, 0.15) is 5.82 Å². The SMILES string of the molecule is CCCOc1ccc(C(=O)NCC2(c3ccc(F)cc3)CCOCC2)cc1OCC. The first-order chi connectivity index (χ1) is 14.6. The van der Waals surface area contributed by atoms with E-state index in [4.69, 9.17) is 14.2 Å². The molecule has 1 fully saturated rings. The number of hydrogen-bond acceptors (Lipinski definition) is 4. The van der Waals surface area contributed by atoms with Gasteiger partial charge in [-0.15, -0.1) is 0 Å². The van der Waals surface area contributed by atoms with Gasteiger partial charge in [-0.05, 0) is 62.1 Å². The van der Waals surface area contributed by atoms with E-state index in [-0.39, 0.29) is 17.1 Å². The molecule has 1 aliphatic rings. The van der Waals surface area contributed by atoms with E-state index in [1.807, 2.05) is 13.8 Å². The molecule has 1 heterocycles. The van der Waals surface area contributed by atoms with Crippen LogP contribution in [0.4, 0.5) is 4.39 Å². The average Bonchev–Trinajstić information content (AvgIpc) is 2.78. The van der Waals surface area contributed by atoms with Gasteiger partial charge in [-0.2, -0.15) is 0 Å². The van der Waals surface area contributed by atoms with Crippen molar-refractivity contribution in [1.29, 1.82) is 0 Å². The number of amides is 1. The van der Waals surface area contributed by atoms with Gasteiger partial charge in [-0.25, -0.2) is 4.39 Å². The summed E-state index contributed by atoms with van der Waals surface area (Å²) in [7, 11) is 0. The minimum absolute atomic E-state index is 0.175. The average molecular weight is 416 g/mol. The summed E-state index contributed by atoms with van der Waals surface area (Å²) in [5, 5.41) is 3.07. The van der Waals surface area contributed by atoms with Gasteiger partial charge in [-0.1, -0.05) is 19.1 Å². The Balaban J connectivity index is 1.75. The molecule has 5 nitrogen and oxygen atoms in total. The van der Waals surface area contributed by atoms with Gasteiger partial charge in [0.15, 0.2) is 11.5 Å². The van der Waals surface area contributed by atoms with Gasteiger partial charge in [0.25, 0.3) is 5.91 Å². The highest BCUT2D eigenvalue weighted by atomic mass is 19.1. The fourth-order valence-corrected chi connectivity index (χ4v) is 3.73. The van der Waals surface area contributed by atoms with Crippen molar-refractivity contribution in [3.63, 3.8) is 0 Å². The summed E-state index contributed by atoms with van der Waals surface area (Å²) in [5.41, 5.74) is 1.27. The Hall–Kier alpha value is -2.60. The van der Waals surface area contributed by atoms with E-state index in [0.717, 1.165) is 24.8 Å². The molecule has 162 valence electrons. The second-order valence-corrected chi connectivity index (χ2v) is 7.53. The summed E-state index contributed by atoms with van der Waals surface area (Å²) in [4.78, 5) is 12.9. The largest absolute Gasteiger partial charge is 0.490 e. The third-order valence-corrected chi connectivity index (χ3v) is 5.46. The lowest BCUT2D eigenvalue weighted by molar-refractivity contribution is 0.0487. The summed E-state index contributed by atoms with van der Waals surface area (Å²) >= 11 is 0. The quantitative estimate of drug-likeness (QED) is 0.656. The smallest absolute Gasteiger partial charge is 0.251 e. The maximum Gasteiger partial charge on any atom is 0.251 e. The molecule has 0 atom stereocenters. The summed E-state index contributed by atoms with van der Waals surface area (Å²) in [5.74, 6) is 0.769. The molecule has 6 heteroatoms. The second kappa shape index (κ2) is 10.4. The van der Waals surface area contributed by atoms with Gasteiger partial charge in [-0.3, -0.25) is 4.79 Å². The molecule has 0 aliphatic carbocycles. The molecule has 1 aliphatic heterocycles. The normalized spacial score (nSPS) is 15.4. The monoisotopic (exact) mass is 415 g/mol. The molecule has 0 saturated carbocycles. The molecule has 0 bridgehead atoms. The second-order valence-electron chi connectivity index (χ2n) is 7.53. The topological polar surface area (TPSA) is 56.8 Å². The number of carbonyl (C=O) groups is 1. The van der Waals surface area contributed by atoms with E-state index >= 15 is 0 Å². The van der Waals surface area contributed by atoms with Gasteiger partial charge in [0.2, 0.25) is 0 Å². The van der Waals surface area contributed by atoms with Gasteiger partial charge >= 0.3 is 0 Å². The van der Waals surface area contributed by atoms with Crippen LogP contribution in [-0.2, 0) is 10.2 Å². The van der Waals surface area contributed by atoms with E-state index in [1.165, 1.54) is 12.1 Å². The first-order valence-corrected chi connectivity index (χ1v) is 10.6. The maximum atomic E-state index is 13.4. The molecule has 30 heavy (non-hydrogen) atoms. The van der Waals surface area contributed by atoms with Crippen molar-refractivity contribution in [2.24, 2.45) is 0 Å². The summed E-state index contributed by atoms with van der Waals surface area (Å²) < 4.78 is 30.3. The zero-order valence-corrected chi connectivity index (χ0v) is 17.7. The van der Waals surface area contributed by atoms with Crippen molar-refractivity contribution in [2.45, 2.75) is 38.5 Å². The predicted octanol–water partition coefficient (Wildman–Crippen LogP) is 4.49. The molecule has 0 unspecified atom stereocenters. The first kappa shape index (κ1) is 22.1. The van der Waals surface area contributed by atoms with Crippen molar-refractivity contribution in [1.82, 2.24) is 5.32 Å². The van der Waals surface area contributed by atoms with Crippen LogP contribution in [0.15, 0.2) is 42.5 Å². The number of ether oxygens (including phenoxy) is 3. The van der Waals surface area contributed by atoms with E-state index in [2.05, 4.69) is 5.32 Å². The first-order valence-electron chi connectivity index (χ1n) is 10.6. The van der Waals surface area contributed by atoms with Crippen LogP contribution in [0.3, 0.4) is 0 Å². The van der Waals surface area contributed by atoms with Crippen LogP contribution in [0.2, 0.25) is 0 Å². The minimum Gasteiger partial charge on any atom is -0.490 e. The number of hydrogen-bond donors (Lipinski definition) is 1. The van der Waals surface area contributed by atoms with Crippen molar-refractivity contribution in [3.8, 4) is 11.5 Å². The summed E-state index contributed by atoms with van der Waals surface area (Å²) in [6, 6.07) is 11.8. The highest BCUT2D eigenvalue weighted by Gasteiger charge is 2.35. The molecule has 1 saturated heterocycles. The zero-order valence-electron chi connectivity index (χ0n) is 17.7. The molecule has 2 aromatic rings. The van der Waals surface area contributed by atoms with Crippen molar-refractivity contribution in [2.75, 3.05) is 33.0 Å². The van der Waals surface area contributed by atoms with Crippen molar-refractivity contribution >= 4 is 5.91 Å². The molecule has 1 amide bonds. The molecule has 3 rings (SSSR count). The molecule has 1 N–H and O–H groups in total. The van der Waals surface area contributed by atoms with E-state index in [9.17, 15) is 9.18 Å². The lowest BCUT2D eigenvalue weighted by atomic mass is 9.74. The fourth-order valence-electron chi connectivity index (χ4n) is 3.73. The van der Waals surface area contributed by atoms with E-state index in [0.29, 0.717) is 50.0 Å². The lowest BCUT2D eigenvalue weighted by Crippen LogP contribution is -2.44. The van der Waals surface area contributed by atoms with Crippen molar-refractivity contribution < 1.29 is 23.4 Å². The van der Waals surface area contributed by atoms with Crippen LogP contribution in [0.1, 0.15) is 49.0 Å². The van der Waals surface area contributed by atoms with Crippen LogP contribution in [0.25, 0.3) is 0 Å². The summed E-state index contributed by atoms with van der Waals surface area (Å²) in [6.45, 7) is 6.70. The highest BCUT2D eigenvalue weighted by Crippen LogP contribution is 2.35. The molecule has 0 aromatic heterocycles. The molecular weight excluding hydrogens is 385 g/mol. The highest BCUT2D eigenvalue weighted by molar-refractivity contribution is 5.95. The molecule has 2 aromatic carbocycles. The molecule has 0 spiro atoms. The Morgan fingerprint density at radius 2 is 1.80 bits per heavy atom. The lowest BCUT2D eigenvalue weighted by Gasteiger charge is -2.38. The van der Waals surface area contributed by atoms with Crippen LogP contribution < -0.4 is 14.8 Å². The molecule has 0 radical (unpaired) electrons. The Kier molecular flexibility index (Phi) is 7.69. The van der Waals surface area contributed by atoms with Crippen LogP contribution in [0, 0.1) is 5.82 Å². The number of halogens is 1. The predicted molar refractivity (Wildman–Crippen MR) is 114 cm³/mol. The Labute approximate surface area is 177 Å². The van der Waals surface area contributed by atoms with Gasteiger partial charge in [0.05, 0.1) is 13.2 Å². The standard InChI is InChI=1S/C24H30FNO4/c1-3-13-30-21-10-5-18(16-22(21)29-4-2)23(27)26-17-24(11-14-28-15-12-24)19-6-8-20(25)9-7-19/h5-10,16H,3-4,11-15,17H2,1-2H3,(H,26,27). The third kappa shape index (κ3) is 5.30. The van der Waals surface area contributed by atoms with Crippen LogP contribution >= 0.6 is 0 Å². The molecular formula is C24H30FNO4. The van der Waals surface area contributed by atoms with Gasteiger partial charge < -0.3 is 19.5 Å². The Morgan fingerprint density at radius 3 is 2.47 bits per heavy atom. The Bertz CT molecular complexity index is 832. The third-order valence-electron chi connectivity index (χ3n) is 5.46. The Morgan fingerprint density at radius 1 is 1.07 bits per heavy atom. The number of benzene rings is 2. The number of nitrogens with one attached hydrogen (secondary N) is 1. The number of carbonyl (C=O) groups excluding carboxylic acids is 1. The van der Waals surface area contributed by atoms with Crippen molar-refractivity contribution in [3.05, 3.63) is 59.4 Å². The minimum atomic E-state index is -0.269. The van der Waals surface area contributed by atoms with E-state index in [1.54, 1.807) is 30.3 Å². The zero-order chi connectivity index (χ0) is 21.4. The maximum absolute atomic E-state index is 13.4.